The van der Waals surface area contributed by atoms with Crippen molar-refractivity contribution in [2.75, 3.05) is 54.0 Å². The Kier molecular flexibility index (Phi) is 57.7. The molecule has 0 aliphatic carbocycles. The summed E-state index contributed by atoms with van der Waals surface area (Å²) in [6.45, 7) is 14.2. The Balaban J connectivity index is -0.00000489. The minimum Gasteiger partial charge on any atom is -0.483 e. The average Bonchev–Trinajstić information content (AvgIpc) is 3.21. The molecule has 0 heterocycles. The zero-order valence-corrected chi connectivity index (χ0v) is 41.2. The zero-order chi connectivity index (χ0) is 44.3. The summed E-state index contributed by atoms with van der Waals surface area (Å²) in [6.07, 6.45) is 50.3. The minimum absolute atomic E-state index is 0.250. The van der Waals surface area contributed by atoms with Crippen LogP contribution in [0.3, 0.4) is 0 Å². The second-order valence-corrected chi connectivity index (χ2v) is 18.4. The van der Waals surface area contributed by atoms with Gasteiger partial charge in [0.25, 0.3) is 12.9 Å². The Hall–Kier alpha value is -1.18. The van der Waals surface area contributed by atoms with E-state index in [1.54, 1.807) is 0 Å². The van der Waals surface area contributed by atoms with E-state index in [1.807, 2.05) is 0 Å². The molecule has 0 amide bonds. The van der Waals surface area contributed by atoms with Gasteiger partial charge in [-0.2, -0.15) is 0 Å². The van der Waals surface area contributed by atoms with Crippen LogP contribution in [0.15, 0.2) is 0 Å². The molecular weight excluding hydrogens is 733 g/mol. The third kappa shape index (κ3) is 54.8. The van der Waals surface area contributed by atoms with Crippen LogP contribution in [0.4, 0.5) is 0 Å². The summed E-state index contributed by atoms with van der Waals surface area (Å²) < 4.78 is 6.34. The number of hydrogen-bond donors (Lipinski definition) is 2. The lowest BCUT2D eigenvalue weighted by Gasteiger charge is -2.20. The van der Waals surface area contributed by atoms with Gasteiger partial charge >= 0.3 is 0 Å². The first-order valence-corrected chi connectivity index (χ1v) is 25.9. The molecule has 0 saturated carbocycles. The van der Waals surface area contributed by atoms with E-state index in [0.717, 1.165) is 57.0 Å². The highest BCUT2D eigenvalue weighted by atomic mass is 16.5. The van der Waals surface area contributed by atoms with Crippen molar-refractivity contribution in [3.8, 4) is 0 Å². The van der Waals surface area contributed by atoms with Gasteiger partial charge in [-0.1, -0.05) is 233 Å². The van der Waals surface area contributed by atoms with Crippen LogP contribution < -0.4 is 0 Å². The van der Waals surface area contributed by atoms with E-state index in [2.05, 4.69) is 58.6 Å². The topological polar surface area (TPSA) is 90.3 Å². The van der Waals surface area contributed by atoms with Crippen LogP contribution in [-0.4, -0.2) is 86.9 Å². The maximum Gasteiger partial charge on any atom is 0.290 e. The number of rotatable bonds is 45. The predicted molar refractivity (Wildman–Crippen MR) is 259 cm³/mol. The van der Waals surface area contributed by atoms with Gasteiger partial charge in [0, 0.05) is 32.8 Å². The van der Waals surface area contributed by atoms with Gasteiger partial charge in [0.1, 0.15) is 0 Å². The molecule has 0 atom stereocenters. The largest absolute Gasteiger partial charge is 0.483 e. The zero-order valence-electron chi connectivity index (χ0n) is 41.2. The van der Waals surface area contributed by atoms with Crippen LogP contribution in [0.5, 0.6) is 0 Å². The smallest absolute Gasteiger partial charge is 0.290 e. The number of carboxylic acid groups (broad SMARTS) is 2. The molecule has 59 heavy (non-hydrogen) atoms. The van der Waals surface area contributed by atoms with Crippen molar-refractivity contribution < 1.29 is 24.5 Å². The van der Waals surface area contributed by atoms with Gasteiger partial charge in [-0.05, 0) is 58.2 Å². The number of ether oxygens (including phenoxy) is 1. The van der Waals surface area contributed by atoms with Gasteiger partial charge < -0.3 is 24.7 Å². The number of nitrogens with zero attached hydrogens (tertiary/aromatic N) is 2. The lowest BCUT2D eigenvalue weighted by atomic mass is 9.90. The average molecular weight is 841 g/mol. The predicted octanol–water partition coefficient (Wildman–Crippen LogP) is 15.5. The van der Waals surface area contributed by atoms with Crippen molar-refractivity contribution >= 4 is 12.9 Å². The van der Waals surface area contributed by atoms with Crippen molar-refractivity contribution in [1.29, 1.82) is 0 Å². The summed E-state index contributed by atoms with van der Waals surface area (Å²) in [7, 11) is 6.59. The van der Waals surface area contributed by atoms with Gasteiger partial charge in [0.15, 0.2) is 0 Å². The maximum atomic E-state index is 8.36. The van der Waals surface area contributed by atoms with E-state index in [9.17, 15) is 0 Å². The first-order valence-electron chi connectivity index (χ1n) is 25.9. The molecule has 0 saturated heterocycles. The Bertz CT molecular complexity index is 701. The molecule has 0 unspecified atom stereocenters. The normalized spacial score (nSPS) is 11.4. The molecule has 7 heteroatoms. The van der Waals surface area contributed by atoms with E-state index in [0.29, 0.717) is 0 Å². The van der Waals surface area contributed by atoms with Gasteiger partial charge in [0.05, 0.1) is 0 Å². The summed E-state index contributed by atoms with van der Waals surface area (Å²) in [5.41, 5.74) is 0. The molecule has 0 rings (SSSR count). The molecule has 0 aromatic carbocycles. The van der Waals surface area contributed by atoms with Crippen molar-refractivity contribution in [2.45, 2.75) is 252 Å². The third-order valence-electron chi connectivity index (χ3n) is 12.4. The first-order chi connectivity index (χ1) is 28.8. The summed E-state index contributed by atoms with van der Waals surface area (Å²) in [6, 6.07) is 0. The molecule has 7 nitrogen and oxygen atoms in total. The molecule has 0 aliphatic rings. The minimum atomic E-state index is -0.250. The van der Waals surface area contributed by atoms with Crippen molar-refractivity contribution in [3.63, 3.8) is 0 Å². The van der Waals surface area contributed by atoms with Crippen LogP contribution >= 0.6 is 0 Å². The van der Waals surface area contributed by atoms with E-state index in [4.69, 9.17) is 24.5 Å². The van der Waals surface area contributed by atoms with E-state index < -0.39 is 0 Å². The van der Waals surface area contributed by atoms with Crippen LogP contribution in [0.2, 0.25) is 0 Å². The highest BCUT2D eigenvalue weighted by Crippen LogP contribution is 2.26. The molecule has 0 aromatic rings. The third-order valence-corrected chi connectivity index (χ3v) is 12.4. The Morgan fingerprint density at radius 2 is 0.661 bits per heavy atom. The lowest BCUT2D eigenvalue weighted by Crippen LogP contribution is -2.29. The molecule has 2 N–H and O–H groups in total. The van der Waals surface area contributed by atoms with E-state index in [-0.39, 0.29) is 12.9 Å². The second kappa shape index (κ2) is 54.8. The Morgan fingerprint density at radius 1 is 0.390 bits per heavy atom. The first kappa shape index (κ1) is 62.1. The maximum absolute atomic E-state index is 8.36. The van der Waals surface area contributed by atoms with E-state index in [1.165, 1.54) is 218 Å². The highest BCUT2D eigenvalue weighted by molar-refractivity contribution is 5.33. The van der Waals surface area contributed by atoms with Crippen LogP contribution in [-0.2, 0) is 14.3 Å². The quantitative estimate of drug-likeness (QED) is 0.0466. The number of carbonyl (C=O) groups is 2. The van der Waals surface area contributed by atoms with Crippen LogP contribution in [0.1, 0.15) is 252 Å². The molecule has 0 aliphatic heterocycles. The fourth-order valence-corrected chi connectivity index (χ4v) is 8.58. The molecule has 0 radical (unpaired) electrons. The fraction of sp³-hybridized carbons (Fsp3) is 0.962. The summed E-state index contributed by atoms with van der Waals surface area (Å²) in [4.78, 5) is 21.5. The number of likely N-dealkylation sites (N-methyl/N-ethyl adjacent to an activating group) is 2. The van der Waals surface area contributed by atoms with Crippen molar-refractivity contribution in [1.82, 2.24) is 9.80 Å². The summed E-state index contributed by atoms with van der Waals surface area (Å²) in [5.74, 6) is 2.80. The monoisotopic (exact) mass is 841 g/mol. The van der Waals surface area contributed by atoms with Gasteiger partial charge in [-0.3, -0.25) is 9.59 Å². The van der Waals surface area contributed by atoms with Gasteiger partial charge in [0.2, 0.25) is 0 Å². The number of hydrogen-bond acceptors (Lipinski definition) is 5. The highest BCUT2D eigenvalue weighted by Gasteiger charge is 2.12. The summed E-state index contributed by atoms with van der Waals surface area (Å²) in [5, 5.41) is 13.8. The van der Waals surface area contributed by atoms with Gasteiger partial charge in [-0.15, -0.1) is 0 Å². The molecule has 356 valence electrons. The standard InChI is InChI=1S/C50H104N2O.2CH2O2/c1-8-12-26-35-48(36-27-13-9-2)39-30-22-18-16-20-24-32-41-50(47-53-46-34-43-52(7)45-44-51(5)6)42-33-25-21-17-19-23-31-40-49(37-28-14-10-3)38-29-15-11-4;2*2-1-3/h48-50H,8-47H2,1-7H3;2*1H,(H,2,3). The van der Waals surface area contributed by atoms with Crippen LogP contribution in [0.25, 0.3) is 0 Å². The van der Waals surface area contributed by atoms with Crippen LogP contribution in [0, 0.1) is 17.8 Å². The second-order valence-electron chi connectivity index (χ2n) is 18.4. The van der Waals surface area contributed by atoms with Crippen molar-refractivity contribution in [3.05, 3.63) is 0 Å². The van der Waals surface area contributed by atoms with Gasteiger partial charge in [-0.25, -0.2) is 0 Å². The van der Waals surface area contributed by atoms with Crippen molar-refractivity contribution in [2.24, 2.45) is 17.8 Å². The lowest BCUT2D eigenvalue weighted by molar-refractivity contribution is -0.123. The molecular formula is C52H108N2O5. The summed E-state index contributed by atoms with van der Waals surface area (Å²) >= 11 is 0. The SMILES string of the molecule is CCCCCC(CCCCC)CCCCCCCCCC(CCCCCCCCCC(CCCCC)CCCCC)COCCCN(C)CCN(C)C.O=CO.O=CO. The molecule has 0 bridgehead atoms. The van der Waals surface area contributed by atoms with E-state index >= 15 is 0 Å². The molecule has 0 fully saturated rings. The number of unbranched alkanes of at least 4 members (excludes halogenated alkanes) is 20. The Labute approximate surface area is 370 Å². The Morgan fingerprint density at radius 3 is 0.949 bits per heavy atom. The molecule has 0 aromatic heterocycles. The fourth-order valence-electron chi connectivity index (χ4n) is 8.58. The molecule has 0 spiro atoms.